The number of hydrogen-bond donors (Lipinski definition) is 1. The lowest BCUT2D eigenvalue weighted by atomic mass is 10.1. The normalized spacial score (nSPS) is 19.3. The summed E-state index contributed by atoms with van der Waals surface area (Å²) in [5, 5.41) is 9.25. The first-order chi connectivity index (χ1) is 10.3. The number of ether oxygens (including phenoxy) is 2. The molecule has 0 bridgehead atoms. The molecule has 1 rings (SSSR count). The molecular weight excluding hydrogens is 304 g/mol. The summed E-state index contributed by atoms with van der Waals surface area (Å²) in [7, 11) is 0. The summed E-state index contributed by atoms with van der Waals surface area (Å²) in [6.45, 7) is 10.4. The average Bonchev–Trinajstić information content (AvgIpc) is 2.33. The van der Waals surface area contributed by atoms with E-state index in [2.05, 4.69) is 0 Å². The molecule has 0 aromatic rings. The van der Waals surface area contributed by atoms with E-state index in [1.54, 1.807) is 41.5 Å². The number of rotatable bonds is 1. The Morgan fingerprint density at radius 3 is 1.91 bits per heavy atom. The quantitative estimate of drug-likeness (QED) is 0.738. The minimum Gasteiger partial charge on any atom is -0.465 e. The van der Waals surface area contributed by atoms with Gasteiger partial charge in [-0.2, -0.15) is 0 Å². The first-order valence-electron chi connectivity index (χ1n) is 7.50. The first kappa shape index (κ1) is 19.1. The lowest BCUT2D eigenvalue weighted by Crippen LogP contribution is -2.60. The van der Waals surface area contributed by atoms with Crippen molar-refractivity contribution in [3.8, 4) is 0 Å². The highest BCUT2D eigenvalue weighted by molar-refractivity contribution is 5.82. The summed E-state index contributed by atoms with van der Waals surface area (Å²) in [6, 6.07) is -1.06. The Bertz CT molecular complexity index is 477. The second-order valence-corrected chi connectivity index (χ2v) is 7.45. The van der Waals surface area contributed by atoms with Gasteiger partial charge in [0, 0.05) is 13.1 Å². The molecule has 2 amide bonds. The molecule has 1 fully saturated rings. The zero-order valence-electron chi connectivity index (χ0n) is 14.6. The third-order valence-electron chi connectivity index (χ3n) is 2.96. The SMILES string of the molecule is CC(C)(C)OC(=O)C1CN(C(=O)OC(C)(C)C)CCN1C(=O)O. The van der Waals surface area contributed by atoms with Crippen molar-refractivity contribution >= 4 is 18.2 Å². The molecule has 0 aromatic carbocycles. The molecule has 0 aromatic heterocycles. The van der Waals surface area contributed by atoms with Gasteiger partial charge in [-0.05, 0) is 41.5 Å². The summed E-state index contributed by atoms with van der Waals surface area (Å²) < 4.78 is 10.5. The van der Waals surface area contributed by atoms with Gasteiger partial charge in [-0.1, -0.05) is 0 Å². The predicted octanol–water partition coefficient (Wildman–Crippen LogP) is 1.93. The van der Waals surface area contributed by atoms with Gasteiger partial charge in [0.2, 0.25) is 0 Å². The molecule has 0 saturated carbocycles. The third-order valence-corrected chi connectivity index (χ3v) is 2.96. The summed E-state index contributed by atoms with van der Waals surface area (Å²) in [5.41, 5.74) is -1.40. The zero-order valence-corrected chi connectivity index (χ0v) is 14.6. The van der Waals surface area contributed by atoms with Gasteiger partial charge in [0.05, 0.1) is 6.54 Å². The largest absolute Gasteiger partial charge is 0.465 e. The molecule has 1 unspecified atom stereocenters. The average molecular weight is 330 g/mol. The highest BCUT2D eigenvalue weighted by atomic mass is 16.6. The summed E-state index contributed by atoms with van der Waals surface area (Å²) in [4.78, 5) is 38.1. The molecular formula is C15H26N2O6. The molecule has 8 heteroatoms. The molecule has 1 aliphatic rings. The van der Waals surface area contributed by atoms with Crippen LogP contribution in [0.1, 0.15) is 41.5 Å². The minimum absolute atomic E-state index is 0.0263. The fraction of sp³-hybridized carbons (Fsp3) is 0.800. The molecule has 0 radical (unpaired) electrons. The smallest absolute Gasteiger partial charge is 0.410 e. The minimum atomic E-state index is -1.22. The predicted molar refractivity (Wildman–Crippen MR) is 82.2 cm³/mol. The van der Waals surface area contributed by atoms with Gasteiger partial charge >= 0.3 is 18.2 Å². The van der Waals surface area contributed by atoms with Gasteiger partial charge in [0.25, 0.3) is 0 Å². The van der Waals surface area contributed by atoms with Crippen LogP contribution >= 0.6 is 0 Å². The maximum absolute atomic E-state index is 12.3. The molecule has 0 spiro atoms. The van der Waals surface area contributed by atoms with Crippen molar-refractivity contribution in [2.45, 2.75) is 58.8 Å². The Labute approximate surface area is 136 Å². The first-order valence-corrected chi connectivity index (χ1v) is 7.50. The molecule has 8 nitrogen and oxygen atoms in total. The van der Waals surface area contributed by atoms with Crippen LogP contribution in [0.5, 0.6) is 0 Å². The highest BCUT2D eigenvalue weighted by Gasteiger charge is 2.40. The van der Waals surface area contributed by atoms with E-state index >= 15 is 0 Å². The van der Waals surface area contributed by atoms with Crippen molar-refractivity contribution in [3.63, 3.8) is 0 Å². The van der Waals surface area contributed by atoms with Crippen molar-refractivity contribution < 1.29 is 29.0 Å². The van der Waals surface area contributed by atoms with Crippen molar-refractivity contribution in [2.24, 2.45) is 0 Å². The summed E-state index contributed by atoms with van der Waals surface area (Å²) in [5.74, 6) is -0.673. The molecule has 0 aliphatic carbocycles. The third kappa shape index (κ3) is 5.96. The van der Waals surface area contributed by atoms with Crippen LogP contribution in [0.4, 0.5) is 9.59 Å². The summed E-state index contributed by atoms with van der Waals surface area (Å²) >= 11 is 0. The van der Waals surface area contributed by atoms with Crippen molar-refractivity contribution in [1.82, 2.24) is 9.80 Å². The molecule has 1 N–H and O–H groups in total. The molecule has 1 saturated heterocycles. The van der Waals surface area contributed by atoms with Crippen LogP contribution in [0.3, 0.4) is 0 Å². The second-order valence-electron chi connectivity index (χ2n) is 7.45. The van der Waals surface area contributed by atoms with Gasteiger partial charge in [-0.25, -0.2) is 14.4 Å². The zero-order chi connectivity index (χ0) is 18.0. The topological polar surface area (TPSA) is 96.4 Å². The van der Waals surface area contributed by atoms with Crippen molar-refractivity contribution in [2.75, 3.05) is 19.6 Å². The monoisotopic (exact) mass is 330 g/mol. The standard InChI is InChI=1S/C15H26N2O6/c1-14(2,3)22-11(18)10-9-16(7-8-17(10)12(19)20)13(21)23-15(4,5)6/h10H,7-9H2,1-6H3,(H,19,20). The number of nitrogens with zero attached hydrogens (tertiary/aromatic N) is 2. The number of amides is 2. The highest BCUT2D eigenvalue weighted by Crippen LogP contribution is 2.18. The second kappa shape index (κ2) is 6.64. The van der Waals surface area contributed by atoms with Gasteiger partial charge in [-0.3, -0.25) is 4.90 Å². The molecule has 132 valence electrons. The number of piperazine rings is 1. The lowest BCUT2D eigenvalue weighted by Gasteiger charge is -2.39. The van der Waals surface area contributed by atoms with Crippen LogP contribution in [-0.4, -0.2) is 69.9 Å². The van der Waals surface area contributed by atoms with Gasteiger partial charge < -0.3 is 19.5 Å². The van der Waals surface area contributed by atoms with E-state index in [0.29, 0.717) is 0 Å². The number of carbonyl (C=O) groups excluding carboxylic acids is 2. The van der Waals surface area contributed by atoms with E-state index in [-0.39, 0.29) is 19.6 Å². The fourth-order valence-electron chi connectivity index (χ4n) is 2.08. The van der Waals surface area contributed by atoms with E-state index in [1.807, 2.05) is 0 Å². The number of esters is 1. The Morgan fingerprint density at radius 2 is 1.48 bits per heavy atom. The molecule has 23 heavy (non-hydrogen) atoms. The molecule has 1 heterocycles. The van der Waals surface area contributed by atoms with E-state index in [1.165, 1.54) is 4.90 Å². The fourth-order valence-corrected chi connectivity index (χ4v) is 2.08. The van der Waals surface area contributed by atoms with Crippen LogP contribution in [0.25, 0.3) is 0 Å². The number of carbonyl (C=O) groups is 3. The van der Waals surface area contributed by atoms with Crippen LogP contribution in [-0.2, 0) is 14.3 Å². The number of hydrogen-bond acceptors (Lipinski definition) is 5. The van der Waals surface area contributed by atoms with Crippen LogP contribution in [0, 0.1) is 0 Å². The van der Waals surface area contributed by atoms with E-state index in [9.17, 15) is 19.5 Å². The van der Waals surface area contributed by atoms with Gasteiger partial charge in [0.1, 0.15) is 11.2 Å². The molecule has 1 aliphatic heterocycles. The Balaban J connectivity index is 2.87. The van der Waals surface area contributed by atoms with Crippen LogP contribution in [0.15, 0.2) is 0 Å². The van der Waals surface area contributed by atoms with Gasteiger partial charge in [0.15, 0.2) is 6.04 Å². The van der Waals surface area contributed by atoms with Crippen LogP contribution < -0.4 is 0 Å². The summed E-state index contributed by atoms with van der Waals surface area (Å²) in [6.07, 6.45) is -1.79. The van der Waals surface area contributed by atoms with E-state index < -0.39 is 35.4 Å². The van der Waals surface area contributed by atoms with Crippen LogP contribution in [0.2, 0.25) is 0 Å². The van der Waals surface area contributed by atoms with Gasteiger partial charge in [-0.15, -0.1) is 0 Å². The lowest BCUT2D eigenvalue weighted by molar-refractivity contribution is -0.162. The number of carboxylic acid groups (broad SMARTS) is 1. The van der Waals surface area contributed by atoms with Crippen molar-refractivity contribution in [3.05, 3.63) is 0 Å². The van der Waals surface area contributed by atoms with E-state index in [4.69, 9.17) is 9.47 Å². The Morgan fingerprint density at radius 1 is 0.957 bits per heavy atom. The Hall–Kier alpha value is -1.99. The molecule has 1 atom stereocenters. The maximum Gasteiger partial charge on any atom is 0.410 e. The Kier molecular flexibility index (Phi) is 5.50. The van der Waals surface area contributed by atoms with Crippen molar-refractivity contribution in [1.29, 1.82) is 0 Å². The maximum atomic E-state index is 12.3. The van der Waals surface area contributed by atoms with E-state index in [0.717, 1.165) is 4.90 Å².